The van der Waals surface area contributed by atoms with Crippen molar-refractivity contribution in [2.45, 2.75) is 12.7 Å². The van der Waals surface area contributed by atoms with Crippen molar-refractivity contribution >= 4 is 40.0 Å². The van der Waals surface area contributed by atoms with Crippen LogP contribution in [-0.2, 0) is 15.3 Å². The maximum atomic E-state index is 12.6. The molecule has 5 nitrogen and oxygen atoms in total. The standard InChI is InChI=1S/C23H20N2O3S2/c1-2-28-23(27)21-19(18-6-4-3-5-7-18)14-30-22(21)25-20(26)15-29-13-17-10-8-16(12-24)9-11-17/h3-11,14H,2,13,15H2,1H3,(H,25,26). The first kappa shape index (κ1) is 21.6. The SMILES string of the molecule is CCOC(=O)c1c(-c2ccccc2)csc1NC(=O)CSCc1ccc(C#N)cc1. The van der Waals surface area contributed by atoms with Crippen LogP contribution in [0.15, 0.2) is 60.0 Å². The van der Waals surface area contributed by atoms with Gasteiger partial charge < -0.3 is 10.1 Å². The molecule has 3 aromatic rings. The molecule has 1 aromatic heterocycles. The molecule has 0 unspecified atom stereocenters. The second-order valence-corrected chi connectivity index (χ2v) is 8.15. The van der Waals surface area contributed by atoms with Crippen molar-refractivity contribution in [2.75, 3.05) is 17.7 Å². The van der Waals surface area contributed by atoms with E-state index in [2.05, 4.69) is 11.4 Å². The summed E-state index contributed by atoms with van der Waals surface area (Å²) in [6, 6.07) is 18.9. The Morgan fingerprint density at radius 3 is 2.53 bits per heavy atom. The number of nitrogens with one attached hydrogen (secondary N) is 1. The van der Waals surface area contributed by atoms with Crippen molar-refractivity contribution in [1.29, 1.82) is 5.26 Å². The average molecular weight is 437 g/mol. The number of nitrogens with zero attached hydrogens (tertiary/aromatic N) is 1. The first-order valence-electron chi connectivity index (χ1n) is 9.33. The molecule has 0 aliphatic carbocycles. The van der Waals surface area contributed by atoms with Gasteiger partial charge in [0.25, 0.3) is 0 Å². The van der Waals surface area contributed by atoms with Gasteiger partial charge in [0.1, 0.15) is 10.6 Å². The lowest BCUT2D eigenvalue weighted by atomic mass is 10.0. The lowest BCUT2D eigenvalue weighted by molar-refractivity contribution is -0.113. The summed E-state index contributed by atoms with van der Waals surface area (Å²) >= 11 is 2.78. The van der Waals surface area contributed by atoms with Crippen LogP contribution in [0.25, 0.3) is 11.1 Å². The van der Waals surface area contributed by atoms with Crippen LogP contribution in [-0.4, -0.2) is 24.2 Å². The summed E-state index contributed by atoms with van der Waals surface area (Å²) in [6.45, 7) is 2.02. The van der Waals surface area contributed by atoms with Gasteiger partial charge in [0.05, 0.1) is 24.0 Å². The molecule has 0 saturated heterocycles. The highest BCUT2D eigenvalue weighted by atomic mass is 32.2. The molecule has 0 bridgehead atoms. The van der Waals surface area contributed by atoms with E-state index in [0.717, 1.165) is 16.7 Å². The van der Waals surface area contributed by atoms with Gasteiger partial charge in [0, 0.05) is 16.7 Å². The first-order valence-corrected chi connectivity index (χ1v) is 11.4. The van der Waals surface area contributed by atoms with E-state index in [1.54, 1.807) is 19.1 Å². The number of hydrogen-bond acceptors (Lipinski definition) is 6. The molecule has 152 valence electrons. The summed E-state index contributed by atoms with van der Waals surface area (Å²) in [7, 11) is 0. The number of anilines is 1. The van der Waals surface area contributed by atoms with E-state index in [0.29, 0.717) is 21.9 Å². The van der Waals surface area contributed by atoms with Gasteiger partial charge in [-0.1, -0.05) is 42.5 Å². The van der Waals surface area contributed by atoms with Gasteiger partial charge in [-0.3, -0.25) is 4.79 Å². The lowest BCUT2D eigenvalue weighted by Crippen LogP contribution is -2.16. The van der Waals surface area contributed by atoms with E-state index < -0.39 is 5.97 Å². The Hall–Kier alpha value is -3.08. The van der Waals surface area contributed by atoms with Gasteiger partial charge in [0.15, 0.2) is 0 Å². The van der Waals surface area contributed by atoms with Crippen molar-refractivity contribution in [2.24, 2.45) is 0 Å². The zero-order valence-corrected chi connectivity index (χ0v) is 18.0. The zero-order valence-electron chi connectivity index (χ0n) is 16.4. The Labute approximate surface area is 183 Å². The number of nitriles is 1. The average Bonchev–Trinajstić information content (AvgIpc) is 3.18. The van der Waals surface area contributed by atoms with Crippen molar-refractivity contribution in [1.82, 2.24) is 0 Å². The van der Waals surface area contributed by atoms with Gasteiger partial charge in [-0.15, -0.1) is 23.1 Å². The normalized spacial score (nSPS) is 10.3. The summed E-state index contributed by atoms with van der Waals surface area (Å²) in [5.41, 5.74) is 3.69. The number of rotatable bonds is 8. The van der Waals surface area contributed by atoms with Gasteiger partial charge in [0.2, 0.25) is 5.91 Å². The smallest absolute Gasteiger partial charge is 0.341 e. The third-order valence-electron chi connectivity index (χ3n) is 4.19. The van der Waals surface area contributed by atoms with Crippen molar-refractivity contribution in [3.8, 4) is 17.2 Å². The van der Waals surface area contributed by atoms with Gasteiger partial charge >= 0.3 is 5.97 Å². The number of esters is 1. The Bertz CT molecular complexity index is 1050. The Morgan fingerprint density at radius 2 is 1.87 bits per heavy atom. The maximum Gasteiger partial charge on any atom is 0.341 e. The number of carbonyl (C=O) groups excluding carboxylic acids is 2. The summed E-state index contributed by atoms with van der Waals surface area (Å²) in [5, 5.41) is 14.1. The first-order chi connectivity index (χ1) is 14.6. The molecule has 1 N–H and O–H groups in total. The topological polar surface area (TPSA) is 79.2 Å². The third kappa shape index (κ3) is 5.50. The molecule has 1 amide bonds. The van der Waals surface area contributed by atoms with Gasteiger partial charge in [-0.2, -0.15) is 5.26 Å². The van der Waals surface area contributed by atoms with Crippen LogP contribution in [0.5, 0.6) is 0 Å². The van der Waals surface area contributed by atoms with Crippen molar-refractivity contribution in [3.05, 3.63) is 76.7 Å². The molecule has 0 aliphatic heterocycles. The van der Waals surface area contributed by atoms with E-state index >= 15 is 0 Å². The van der Waals surface area contributed by atoms with Crippen LogP contribution < -0.4 is 5.32 Å². The predicted octanol–water partition coefficient (Wildman–Crippen LogP) is 5.34. The number of hydrogen-bond donors (Lipinski definition) is 1. The van der Waals surface area contributed by atoms with Crippen LogP contribution in [0.4, 0.5) is 5.00 Å². The Kier molecular flexibility index (Phi) is 7.66. The highest BCUT2D eigenvalue weighted by molar-refractivity contribution is 7.99. The molecular weight excluding hydrogens is 416 g/mol. The number of amides is 1. The summed E-state index contributed by atoms with van der Waals surface area (Å²) in [5.74, 6) is 0.281. The summed E-state index contributed by atoms with van der Waals surface area (Å²) in [4.78, 5) is 25.0. The molecule has 1 heterocycles. The second kappa shape index (κ2) is 10.6. The third-order valence-corrected chi connectivity index (χ3v) is 6.09. The van der Waals surface area contributed by atoms with E-state index in [1.807, 2.05) is 47.8 Å². The molecule has 0 saturated carbocycles. The summed E-state index contributed by atoms with van der Waals surface area (Å²) < 4.78 is 5.22. The van der Waals surface area contributed by atoms with Crippen LogP contribution in [0.3, 0.4) is 0 Å². The monoisotopic (exact) mass is 436 g/mol. The minimum Gasteiger partial charge on any atom is -0.462 e. The summed E-state index contributed by atoms with van der Waals surface area (Å²) in [6.07, 6.45) is 0. The quantitative estimate of drug-likeness (QED) is 0.483. The predicted molar refractivity (Wildman–Crippen MR) is 122 cm³/mol. The minimum atomic E-state index is -0.446. The Balaban J connectivity index is 1.67. The molecular formula is C23H20N2O3S2. The molecule has 30 heavy (non-hydrogen) atoms. The van der Waals surface area contributed by atoms with Crippen LogP contribution in [0, 0.1) is 11.3 Å². The number of carbonyl (C=O) groups is 2. The maximum absolute atomic E-state index is 12.6. The van der Waals surface area contributed by atoms with E-state index in [-0.39, 0.29) is 18.3 Å². The number of benzene rings is 2. The largest absolute Gasteiger partial charge is 0.462 e. The fourth-order valence-electron chi connectivity index (χ4n) is 2.79. The van der Waals surface area contributed by atoms with Crippen LogP contribution >= 0.6 is 23.1 Å². The van der Waals surface area contributed by atoms with Crippen LogP contribution in [0.1, 0.15) is 28.4 Å². The zero-order chi connectivity index (χ0) is 21.3. The van der Waals surface area contributed by atoms with Crippen molar-refractivity contribution in [3.63, 3.8) is 0 Å². The molecule has 0 radical (unpaired) electrons. The number of ether oxygens (including phenoxy) is 1. The molecule has 0 fully saturated rings. The molecule has 0 spiro atoms. The van der Waals surface area contributed by atoms with E-state index in [1.165, 1.54) is 23.1 Å². The van der Waals surface area contributed by atoms with Crippen molar-refractivity contribution < 1.29 is 14.3 Å². The molecule has 0 aliphatic rings. The van der Waals surface area contributed by atoms with Gasteiger partial charge in [-0.25, -0.2) is 4.79 Å². The lowest BCUT2D eigenvalue weighted by Gasteiger charge is -2.09. The number of thioether (sulfide) groups is 1. The molecule has 3 rings (SSSR count). The Morgan fingerprint density at radius 1 is 1.13 bits per heavy atom. The second-order valence-electron chi connectivity index (χ2n) is 6.29. The fourth-order valence-corrected chi connectivity index (χ4v) is 4.55. The molecule has 2 aromatic carbocycles. The van der Waals surface area contributed by atoms with E-state index in [4.69, 9.17) is 10.00 Å². The van der Waals surface area contributed by atoms with Crippen LogP contribution in [0.2, 0.25) is 0 Å². The number of thiophene rings is 1. The fraction of sp³-hybridized carbons (Fsp3) is 0.174. The molecule has 0 atom stereocenters. The minimum absolute atomic E-state index is 0.180. The molecule has 7 heteroatoms. The highest BCUT2D eigenvalue weighted by Gasteiger charge is 2.22. The van der Waals surface area contributed by atoms with E-state index in [9.17, 15) is 9.59 Å². The highest BCUT2D eigenvalue weighted by Crippen LogP contribution is 2.36. The van der Waals surface area contributed by atoms with Gasteiger partial charge in [-0.05, 0) is 30.2 Å².